The van der Waals surface area contributed by atoms with E-state index >= 15 is 0 Å². The summed E-state index contributed by atoms with van der Waals surface area (Å²) in [5.41, 5.74) is 8.41. The molecule has 0 heterocycles. The van der Waals surface area contributed by atoms with Crippen molar-refractivity contribution in [2.45, 2.75) is 19.9 Å². The molecule has 0 atom stereocenters. The van der Waals surface area contributed by atoms with Crippen LogP contribution in [0.5, 0.6) is 0 Å². The van der Waals surface area contributed by atoms with Crippen LogP contribution in [0.15, 0.2) is 54.6 Å². The molecule has 0 aliphatic rings. The van der Waals surface area contributed by atoms with Crippen molar-refractivity contribution < 1.29 is 4.79 Å². The zero-order valence-electron chi connectivity index (χ0n) is 11.8. The number of rotatable bonds is 5. The number of hydrogen-bond donors (Lipinski definition) is 1. The van der Waals surface area contributed by atoms with Crippen LogP contribution in [0.2, 0.25) is 0 Å². The minimum Gasteiger partial charge on any atom is -0.398 e. The lowest BCUT2D eigenvalue weighted by Crippen LogP contribution is -2.31. The van der Waals surface area contributed by atoms with Gasteiger partial charge in [0.1, 0.15) is 0 Å². The molecule has 2 aromatic rings. The molecule has 2 rings (SSSR count). The molecule has 0 aliphatic heterocycles. The van der Waals surface area contributed by atoms with E-state index in [4.69, 9.17) is 5.73 Å². The number of carbonyl (C=O) groups excluding carboxylic acids is 1. The fraction of sp³-hybridized carbons (Fsp3) is 0.235. The molecule has 0 aliphatic carbocycles. The van der Waals surface area contributed by atoms with Crippen LogP contribution in [0.25, 0.3) is 0 Å². The Hall–Kier alpha value is -2.29. The molecule has 0 radical (unpaired) electrons. The van der Waals surface area contributed by atoms with Gasteiger partial charge >= 0.3 is 0 Å². The number of anilines is 1. The molecule has 0 spiro atoms. The average Bonchev–Trinajstić information content (AvgIpc) is 2.49. The Morgan fingerprint density at radius 1 is 1.05 bits per heavy atom. The second-order valence-corrected chi connectivity index (χ2v) is 4.79. The minimum absolute atomic E-state index is 0.0516. The number of carbonyl (C=O) groups is 1. The zero-order chi connectivity index (χ0) is 14.4. The van der Waals surface area contributed by atoms with Gasteiger partial charge in [-0.05, 0) is 30.2 Å². The lowest BCUT2D eigenvalue weighted by molar-refractivity contribution is 0.0743. The molecule has 0 saturated heterocycles. The van der Waals surface area contributed by atoms with Crippen LogP contribution in [-0.4, -0.2) is 17.4 Å². The monoisotopic (exact) mass is 268 g/mol. The van der Waals surface area contributed by atoms with Gasteiger partial charge in [0, 0.05) is 24.3 Å². The largest absolute Gasteiger partial charge is 0.398 e. The Morgan fingerprint density at radius 2 is 1.70 bits per heavy atom. The highest BCUT2D eigenvalue weighted by Crippen LogP contribution is 2.15. The van der Waals surface area contributed by atoms with Crippen molar-refractivity contribution in [2.75, 3.05) is 12.3 Å². The number of para-hydroxylation sites is 1. The lowest BCUT2D eigenvalue weighted by atomic mass is 10.1. The van der Waals surface area contributed by atoms with Crippen molar-refractivity contribution in [3.8, 4) is 0 Å². The number of nitrogens with zero attached hydrogens (tertiary/aromatic N) is 1. The Kier molecular flexibility index (Phi) is 4.77. The van der Waals surface area contributed by atoms with Crippen LogP contribution >= 0.6 is 0 Å². The van der Waals surface area contributed by atoms with E-state index in [-0.39, 0.29) is 5.91 Å². The first-order valence-corrected chi connectivity index (χ1v) is 6.90. The summed E-state index contributed by atoms with van der Waals surface area (Å²) in [6.07, 6.45) is 0.922. The Balaban J connectivity index is 2.19. The molecule has 3 heteroatoms. The summed E-state index contributed by atoms with van der Waals surface area (Å²) >= 11 is 0. The van der Waals surface area contributed by atoms with Gasteiger partial charge in [-0.1, -0.05) is 43.3 Å². The van der Waals surface area contributed by atoms with E-state index in [0.717, 1.165) is 29.8 Å². The Morgan fingerprint density at radius 3 is 2.35 bits per heavy atom. The van der Waals surface area contributed by atoms with Gasteiger partial charge in [-0.3, -0.25) is 4.79 Å². The van der Waals surface area contributed by atoms with E-state index in [9.17, 15) is 4.79 Å². The molecule has 104 valence electrons. The zero-order valence-corrected chi connectivity index (χ0v) is 11.8. The first-order valence-electron chi connectivity index (χ1n) is 6.90. The van der Waals surface area contributed by atoms with Gasteiger partial charge in [-0.25, -0.2) is 0 Å². The summed E-state index contributed by atoms with van der Waals surface area (Å²) in [7, 11) is 0. The van der Waals surface area contributed by atoms with Crippen molar-refractivity contribution in [2.24, 2.45) is 0 Å². The predicted molar refractivity (Wildman–Crippen MR) is 82.3 cm³/mol. The van der Waals surface area contributed by atoms with E-state index < -0.39 is 0 Å². The quantitative estimate of drug-likeness (QED) is 0.845. The SMILES string of the molecule is CCCN(Cc1ccccc1N)C(=O)c1ccccc1. The molecule has 0 fully saturated rings. The normalized spacial score (nSPS) is 10.2. The van der Waals surface area contributed by atoms with Gasteiger partial charge in [0.05, 0.1) is 0 Å². The average molecular weight is 268 g/mol. The molecule has 2 aromatic carbocycles. The highest BCUT2D eigenvalue weighted by Gasteiger charge is 2.15. The molecule has 2 N–H and O–H groups in total. The van der Waals surface area contributed by atoms with Gasteiger partial charge in [0.15, 0.2) is 0 Å². The van der Waals surface area contributed by atoms with Crippen LogP contribution in [-0.2, 0) is 6.54 Å². The number of nitrogens with two attached hydrogens (primary N) is 1. The van der Waals surface area contributed by atoms with Crippen LogP contribution in [0, 0.1) is 0 Å². The maximum atomic E-state index is 12.5. The Labute approximate surface area is 120 Å². The highest BCUT2D eigenvalue weighted by atomic mass is 16.2. The van der Waals surface area contributed by atoms with E-state index in [0.29, 0.717) is 6.54 Å². The molecular weight excluding hydrogens is 248 g/mol. The molecule has 0 unspecified atom stereocenters. The van der Waals surface area contributed by atoms with E-state index in [2.05, 4.69) is 6.92 Å². The summed E-state index contributed by atoms with van der Waals surface area (Å²) in [6, 6.07) is 17.1. The second kappa shape index (κ2) is 6.75. The molecule has 0 bridgehead atoms. The number of benzene rings is 2. The topological polar surface area (TPSA) is 46.3 Å². The van der Waals surface area contributed by atoms with Gasteiger partial charge < -0.3 is 10.6 Å². The molecule has 0 aromatic heterocycles. The number of nitrogen functional groups attached to an aromatic ring is 1. The fourth-order valence-corrected chi connectivity index (χ4v) is 2.17. The summed E-state index contributed by atoms with van der Waals surface area (Å²) < 4.78 is 0. The van der Waals surface area contributed by atoms with Crippen molar-refractivity contribution in [1.29, 1.82) is 0 Å². The van der Waals surface area contributed by atoms with Crippen molar-refractivity contribution in [3.05, 3.63) is 65.7 Å². The smallest absolute Gasteiger partial charge is 0.254 e. The molecule has 1 amide bonds. The number of amides is 1. The Bertz CT molecular complexity index is 566. The van der Waals surface area contributed by atoms with E-state index in [1.807, 2.05) is 59.5 Å². The number of hydrogen-bond acceptors (Lipinski definition) is 2. The molecule has 0 saturated carbocycles. The van der Waals surface area contributed by atoms with Crippen LogP contribution in [0.1, 0.15) is 29.3 Å². The first kappa shape index (κ1) is 14.1. The van der Waals surface area contributed by atoms with Gasteiger partial charge in [-0.15, -0.1) is 0 Å². The van der Waals surface area contributed by atoms with Crippen molar-refractivity contribution in [3.63, 3.8) is 0 Å². The van der Waals surface area contributed by atoms with Gasteiger partial charge in [0.25, 0.3) is 5.91 Å². The van der Waals surface area contributed by atoms with E-state index in [1.54, 1.807) is 0 Å². The predicted octanol–water partition coefficient (Wildman–Crippen LogP) is 3.32. The minimum atomic E-state index is 0.0516. The second-order valence-electron chi connectivity index (χ2n) is 4.79. The van der Waals surface area contributed by atoms with Crippen LogP contribution in [0.4, 0.5) is 5.69 Å². The third-order valence-corrected chi connectivity index (χ3v) is 3.22. The summed E-state index contributed by atoms with van der Waals surface area (Å²) in [5, 5.41) is 0. The van der Waals surface area contributed by atoms with Gasteiger partial charge in [0.2, 0.25) is 0 Å². The third-order valence-electron chi connectivity index (χ3n) is 3.22. The maximum absolute atomic E-state index is 12.5. The van der Waals surface area contributed by atoms with Crippen LogP contribution in [0.3, 0.4) is 0 Å². The molecule has 3 nitrogen and oxygen atoms in total. The van der Waals surface area contributed by atoms with Crippen molar-refractivity contribution in [1.82, 2.24) is 4.90 Å². The highest BCUT2D eigenvalue weighted by molar-refractivity contribution is 5.94. The maximum Gasteiger partial charge on any atom is 0.254 e. The van der Waals surface area contributed by atoms with E-state index in [1.165, 1.54) is 0 Å². The van der Waals surface area contributed by atoms with Crippen molar-refractivity contribution >= 4 is 11.6 Å². The third kappa shape index (κ3) is 3.38. The standard InChI is InChI=1S/C17H20N2O/c1-2-12-19(13-15-10-6-7-11-16(15)18)17(20)14-8-4-3-5-9-14/h3-11H,2,12-13,18H2,1H3. The summed E-state index contributed by atoms with van der Waals surface area (Å²) in [5.74, 6) is 0.0516. The molecule has 20 heavy (non-hydrogen) atoms. The van der Waals surface area contributed by atoms with Gasteiger partial charge in [-0.2, -0.15) is 0 Å². The van der Waals surface area contributed by atoms with Crippen LogP contribution < -0.4 is 5.73 Å². The lowest BCUT2D eigenvalue weighted by Gasteiger charge is -2.23. The first-order chi connectivity index (χ1) is 9.72. The molecular formula is C17H20N2O. The fourth-order valence-electron chi connectivity index (χ4n) is 2.17. The summed E-state index contributed by atoms with van der Waals surface area (Å²) in [4.78, 5) is 14.4. The summed E-state index contributed by atoms with van der Waals surface area (Å²) in [6.45, 7) is 3.34.